The maximum atomic E-state index is 10.8. The van der Waals surface area contributed by atoms with Crippen molar-refractivity contribution in [2.24, 2.45) is 5.92 Å². The average molecular weight is 265 g/mol. The van der Waals surface area contributed by atoms with E-state index in [4.69, 9.17) is 9.84 Å². The van der Waals surface area contributed by atoms with Crippen molar-refractivity contribution in [1.29, 1.82) is 0 Å². The van der Waals surface area contributed by atoms with Gasteiger partial charge in [-0.3, -0.25) is 0 Å². The van der Waals surface area contributed by atoms with E-state index in [2.05, 4.69) is 18.8 Å². The summed E-state index contributed by atoms with van der Waals surface area (Å²) in [6.07, 6.45) is 6.28. The third-order valence-electron chi connectivity index (χ3n) is 3.21. The van der Waals surface area contributed by atoms with E-state index in [9.17, 15) is 4.79 Å². The monoisotopic (exact) mass is 265 g/mol. The maximum Gasteiger partial charge on any atom is 0.354 e. The molecule has 0 aliphatic carbocycles. The summed E-state index contributed by atoms with van der Waals surface area (Å²) in [5.41, 5.74) is 0.928. The number of nitrogens with zero attached hydrogens (tertiary/aromatic N) is 1. The highest BCUT2D eigenvalue weighted by Crippen LogP contribution is 2.14. The molecule has 1 aromatic rings. The Balaban J connectivity index is 2.39. The van der Waals surface area contributed by atoms with Gasteiger partial charge < -0.3 is 9.84 Å². The first-order valence-corrected chi connectivity index (χ1v) is 6.93. The molecule has 0 bridgehead atoms. The standard InChI is InChI=1S/C15H23NO3/c1-3-5-6-12(4-2)10-19-11-13-7-8-16-14(9-13)15(17)18/h7-9,12H,3-6,10-11H2,1-2H3,(H,17,18). The van der Waals surface area contributed by atoms with Gasteiger partial charge in [0.1, 0.15) is 5.69 Å². The fourth-order valence-electron chi connectivity index (χ4n) is 1.92. The van der Waals surface area contributed by atoms with E-state index in [1.54, 1.807) is 12.1 Å². The SMILES string of the molecule is CCCCC(CC)COCc1ccnc(C(=O)O)c1. The molecule has 1 unspecified atom stereocenters. The molecule has 0 aliphatic rings. The van der Waals surface area contributed by atoms with Crippen molar-refractivity contribution in [3.05, 3.63) is 29.6 Å². The first-order valence-electron chi connectivity index (χ1n) is 6.93. The van der Waals surface area contributed by atoms with Crippen LogP contribution in [0.1, 0.15) is 55.6 Å². The van der Waals surface area contributed by atoms with Gasteiger partial charge in [-0.05, 0) is 30.0 Å². The molecule has 0 aromatic carbocycles. The van der Waals surface area contributed by atoms with Crippen LogP contribution in [0.4, 0.5) is 0 Å². The third-order valence-corrected chi connectivity index (χ3v) is 3.21. The number of carbonyl (C=O) groups is 1. The number of rotatable bonds is 9. The molecule has 1 heterocycles. The molecular weight excluding hydrogens is 242 g/mol. The molecular formula is C15H23NO3. The predicted octanol–water partition coefficient (Wildman–Crippen LogP) is 3.51. The zero-order chi connectivity index (χ0) is 14.1. The third kappa shape index (κ3) is 5.83. The Kier molecular flexibility index (Phi) is 7.11. The number of carboxylic acids is 1. The number of aromatic carboxylic acids is 1. The predicted molar refractivity (Wildman–Crippen MR) is 74.2 cm³/mol. The molecule has 1 aromatic heterocycles. The molecule has 106 valence electrons. The average Bonchev–Trinajstić information content (AvgIpc) is 2.43. The van der Waals surface area contributed by atoms with E-state index in [0.717, 1.165) is 18.6 Å². The van der Waals surface area contributed by atoms with Gasteiger partial charge in [-0.1, -0.05) is 33.1 Å². The van der Waals surface area contributed by atoms with Crippen LogP contribution in [0.5, 0.6) is 0 Å². The fraction of sp³-hybridized carbons (Fsp3) is 0.600. The van der Waals surface area contributed by atoms with Crippen LogP contribution in [0.15, 0.2) is 18.3 Å². The topological polar surface area (TPSA) is 59.4 Å². The lowest BCUT2D eigenvalue weighted by Crippen LogP contribution is -2.09. The van der Waals surface area contributed by atoms with Gasteiger partial charge in [-0.15, -0.1) is 0 Å². The minimum atomic E-state index is -1.00. The highest BCUT2D eigenvalue weighted by atomic mass is 16.5. The van der Waals surface area contributed by atoms with Crippen molar-refractivity contribution in [3.63, 3.8) is 0 Å². The molecule has 1 atom stereocenters. The van der Waals surface area contributed by atoms with Gasteiger partial charge in [0.05, 0.1) is 6.61 Å². The number of carboxylic acid groups (broad SMARTS) is 1. The summed E-state index contributed by atoms with van der Waals surface area (Å²) in [4.78, 5) is 14.6. The van der Waals surface area contributed by atoms with Crippen LogP contribution in [0.2, 0.25) is 0 Å². The second-order valence-corrected chi connectivity index (χ2v) is 4.79. The largest absolute Gasteiger partial charge is 0.477 e. The van der Waals surface area contributed by atoms with E-state index >= 15 is 0 Å². The maximum absolute atomic E-state index is 10.8. The number of hydrogen-bond acceptors (Lipinski definition) is 3. The minimum Gasteiger partial charge on any atom is -0.477 e. The van der Waals surface area contributed by atoms with E-state index in [1.165, 1.54) is 25.5 Å². The van der Waals surface area contributed by atoms with Crippen LogP contribution in [0.25, 0.3) is 0 Å². The van der Waals surface area contributed by atoms with Crippen LogP contribution < -0.4 is 0 Å². The van der Waals surface area contributed by atoms with Crippen LogP contribution in [0, 0.1) is 5.92 Å². The number of aromatic nitrogens is 1. The summed E-state index contributed by atoms with van der Waals surface area (Å²) < 4.78 is 5.68. The Morgan fingerprint density at radius 3 is 2.89 bits per heavy atom. The van der Waals surface area contributed by atoms with Crippen molar-refractivity contribution >= 4 is 5.97 Å². The van der Waals surface area contributed by atoms with Crippen molar-refractivity contribution in [3.8, 4) is 0 Å². The van der Waals surface area contributed by atoms with Crippen LogP contribution in [0.3, 0.4) is 0 Å². The molecule has 0 aliphatic heterocycles. The highest BCUT2D eigenvalue weighted by molar-refractivity contribution is 5.85. The summed E-state index contributed by atoms with van der Waals surface area (Å²) in [6, 6.07) is 3.36. The minimum absolute atomic E-state index is 0.0686. The Morgan fingerprint density at radius 1 is 1.47 bits per heavy atom. The normalized spacial score (nSPS) is 12.3. The first-order chi connectivity index (χ1) is 9.17. The Bertz CT molecular complexity index is 393. The Morgan fingerprint density at radius 2 is 2.26 bits per heavy atom. The van der Waals surface area contributed by atoms with Gasteiger partial charge in [0.25, 0.3) is 0 Å². The molecule has 19 heavy (non-hydrogen) atoms. The van der Waals surface area contributed by atoms with Crippen molar-refractivity contribution in [1.82, 2.24) is 4.98 Å². The van der Waals surface area contributed by atoms with Gasteiger partial charge >= 0.3 is 5.97 Å². The van der Waals surface area contributed by atoms with Gasteiger partial charge in [0, 0.05) is 12.8 Å². The summed E-state index contributed by atoms with van der Waals surface area (Å²) >= 11 is 0. The van der Waals surface area contributed by atoms with E-state index < -0.39 is 5.97 Å². The molecule has 0 radical (unpaired) electrons. The zero-order valence-corrected chi connectivity index (χ0v) is 11.8. The highest BCUT2D eigenvalue weighted by Gasteiger charge is 2.08. The summed E-state index contributed by atoms with van der Waals surface area (Å²) in [7, 11) is 0. The van der Waals surface area contributed by atoms with Gasteiger partial charge in [0.15, 0.2) is 0 Å². The molecule has 4 heteroatoms. The number of hydrogen-bond donors (Lipinski definition) is 1. The zero-order valence-electron chi connectivity index (χ0n) is 11.8. The summed E-state index contributed by atoms with van der Waals surface area (Å²) in [5.74, 6) is -0.406. The molecule has 0 amide bonds. The number of pyridine rings is 1. The smallest absolute Gasteiger partial charge is 0.354 e. The molecule has 0 spiro atoms. The van der Waals surface area contributed by atoms with Crippen molar-refractivity contribution in [2.75, 3.05) is 6.61 Å². The number of unbranched alkanes of at least 4 members (excludes halogenated alkanes) is 1. The fourth-order valence-corrected chi connectivity index (χ4v) is 1.92. The van der Waals surface area contributed by atoms with Crippen molar-refractivity contribution in [2.45, 2.75) is 46.1 Å². The van der Waals surface area contributed by atoms with Crippen LogP contribution in [-0.4, -0.2) is 22.7 Å². The first kappa shape index (κ1) is 15.6. The van der Waals surface area contributed by atoms with E-state index in [-0.39, 0.29) is 5.69 Å². The van der Waals surface area contributed by atoms with E-state index in [1.807, 2.05) is 0 Å². The lowest BCUT2D eigenvalue weighted by atomic mass is 10.0. The Labute approximate surface area is 114 Å². The van der Waals surface area contributed by atoms with Gasteiger partial charge in [-0.25, -0.2) is 9.78 Å². The van der Waals surface area contributed by atoms with E-state index in [0.29, 0.717) is 12.5 Å². The second kappa shape index (κ2) is 8.64. The number of ether oxygens (including phenoxy) is 1. The van der Waals surface area contributed by atoms with Gasteiger partial charge in [-0.2, -0.15) is 0 Å². The lowest BCUT2D eigenvalue weighted by Gasteiger charge is -2.14. The molecule has 0 saturated carbocycles. The molecule has 1 rings (SSSR count). The molecule has 0 fully saturated rings. The van der Waals surface area contributed by atoms with Crippen LogP contribution in [-0.2, 0) is 11.3 Å². The quantitative estimate of drug-likeness (QED) is 0.742. The summed E-state index contributed by atoms with van der Waals surface area (Å²) in [6.45, 7) is 5.56. The molecule has 4 nitrogen and oxygen atoms in total. The van der Waals surface area contributed by atoms with Gasteiger partial charge in [0.2, 0.25) is 0 Å². The molecule has 0 saturated heterocycles. The van der Waals surface area contributed by atoms with Crippen molar-refractivity contribution < 1.29 is 14.6 Å². The molecule has 1 N–H and O–H groups in total. The lowest BCUT2D eigenvalue weighted by molar-refractivity contribution is 0.0688. The Hall–Kier alpha value is -1.42. The second-order valence-electron chi connectivity index (χ2n) is 4.79. The van der Waals surface area contributed by atoms with Crippen LogP contribution >= 0.6 is 0 Å². The summed E-state index contributed by atoms with van der Waals surface area (Å²) in [5, 5.41) is 8.85.